The number of aliphatic hydroxyl groups is 1. The third-order valence-electron chi connectivity index (χ3n) is 3.12. The maximum atomic E-state index is 9.66. The molecule has 0 rings (SSSR count). The lowest BCUT2D eigenvalue weighted by Gasteiger charge is -2.13. The quantitative estimate of drug-likeness (QED) is 0.387. The monoisotopic (exact) mass is 328 g/mol. The molecule has 0 aromatic carbocycles. The van der Waals surface area contributed by atoms with Gasteiger partial charge >= 0.3 is 0 Å². The fourth-order valence-electron chi connectivity index (χ4n) is 1.71. The molecule has 0 aromatic rings. The van der Waals surface area contributed by atoms with Crippen molar-refractivity contribution in [1.82, 2.24) is 0 Å². The molecule has 0 aromatic heterocycles. The van der Waals surface area contributed by atoms with E-state index in [0.717, 1.165) is 38.5 Å². The number of hydrogen-bond acceptors (Lipinski definition) is 3. The van der Waals surface area contributed by atoms with E-state index in [0.29, 0.717) is 26.4 Å². The van der Waals surface area contributed by atoms with Crippen LogP contribution in [0.4, 0.5) is 0 Å². The lowest BCUT2D eigenvalue weighted by atomic mass is 10.2. The van der Waals surface area contributed by atoms with Crippen LogP contribution in [0.1, 0.15) is 52.4 Å². The Labute approximate surface area is 133 Å². The van der Waals surface area contributed by atoms with Crippen LogP contribution in [-0.2, 0) is 9.47 Å². The van der Waals surface area contributed by atoms with Gasteiger partial charge in [0.2, 0.25) is 0 Å². The number of ether oxygens (including phenoxy) is 2. The Morgan fingerprint density at radius 1 is 0.850 bits per heavy atom. The molecule has 0 amide bonds. The molecule has 122 valence electrons. The van der Waals surface area contributed by atoms with Gasteiger partial charge in [-0.1, -0.05) is 13.8 Å². The van der Waals surface area contributed by atoms with Gasteiger partial charge in [-0.25, -0.2) is 0 Å². The number of rotatable bonds is 14. The molecule has 1 N–H and O–H groups in total. The summed E-state index contributed by atoms with van der Waals surface area (Å²) < 4.78 is 10.8. The predicted molar refractivity (Wildman–Crippen MR) is 86.0 cm³/mol. The van der Waals surface area contributed by atoms with Crippen molar-refractivity contribution in [1.29, 1.82) is 0 Å². The van der Waals surface area contributed by atoms with Gasteiger partial charge in [0.25, 0.3) is 0 Å². The minimum Gasteiger partial charge on any atom is -0.388 e. The van der Waals surface area contributed by atoms with Crippen LogP contribution in [0.5, 0.6) is 0 Å². The third-order valence-corrected chi connectivity index (χ3v) is 4.17. The minimum atomic E-state index is -0.550. The van der Waals surface area contributed by atoms with Crippen molar-refractivity contribution in [3.63, 3.8) is 0 Å². The summed E-state index contributed by atoms with van der Waals surface area (Å²) in [4.78, 5) is 0. The van der Waals surface area contributed by atoms with Crippen LogP contribution in [0.2, 0.25) is 0 Å². The summed E-state index contributed by atoms with van der Waals surface area (Å²) >= 11 is 12.0. The van der Waals surface area contributed by atoms with Crippen LogP contribution >= 0.6 is 23.2 Å². The Kier molecular flexibility index (Phi) is 14.7. The second-order valence-electron chi connectivity index (χ2n) is 5.10. The van der Waals surface area contributed by atoms with E-state index in [-0.39, 0.29) is 10.8 Å². The van der Waals surface area contributed by atoms with Crippen molar-refractivity contribution in [3.8, 4) is 0 Å². The SMILES string of the molecule is CCC(Cl)CCCOCC(O)COCCCC(Cl)CC. The van der Waals surface area contributed by atoms with Crippen LogP contribution in [0.25, 0.3) is 0 Å². The van der Waals surface area contributed by atoms with Crippen molar-refractivity contribution in [2.75, 3.05) is 26.4 Å². The summed E-state index contributed by atoms with van der Waals surface area (Å²) in [6, 6.07) is 0. The number of hydrogen-bond donors (Lipinski definition) is 1. The number of alkyl halides is 2. The second-order valence-corrected chi connectivity index (χ2v) is 6.33. The van der Waals surface area contributed by atoms with Crippen LogP contribution in [0, 0.1) is 0 Å². The van der Waals surface area contributed by atoms with E-state index in [1.54, 1.807) is 0 Å². The highest BCUT2D eigenvalue weighted by Crippen LogP contribution is 2.09. The first-order chi connectivity index (χ1) is 9.60. The average molecular weight is 329 g/mol. The summed E-state index contributed by atoms with van der Waals surface area (Å²) in [5.74, 6) is 0. The first-order valence-corrected chi connectivity index (χ1v) is 8.59. The fraction of sp³-hybridized carbons (Fsp3) is 1.00. The molecule has 0 bridgehead atoms. The normalized spacial score (nSPS) is 16.1. The summed E-state index contributed by atoms with van der Waals surface area (Å²) in [6.45, 7) is 6.09. The molecule has 0 spiro atoms. The van der Waals surface area contributed by atoms with Crippen molar-refractivity contribution >= 4 is 23.2 Å². The van der Waals surface area contributed by atoms with Gasteiger partial charge < -0.3 is 14.6 Å². The van der Waals surface area contributed by atoms with Crippen LogP contribution < -0.4 is 0 Å². The summed E-state index contributed by atoms with van der Waals surface area (Å²) in [7, 11) is 0. The van der Waals surface area contributed by atoms with Gasteiger partial charge in [0.1, 0.15) is 6.10 Å². The molecule has 0 fully saturated rings. The molecule has 0 saturated carbocycles. The van der Waals surface area contributed by atoms with Gasteiger partial charge in [0.15, 0.2) is 0 Å². The maximum Gasteiger partial charge on any atom is 0.101 e. The van der Waals surface area contributed by atoms with Gasteiger partial charge in [-0.2, -0.15) is 0 Å². The zero-order valence-electron chi connectivity index (χ0n) is 12.8. The molecular weight excluding hydrogens is 299 g/mol. The zero-order chi connectivity index (χ0) is 15.2. The van der Waals surface area contributed by atoms with E-state index < -0.39 is 6.10 Å². The topological polar surface area (TPSA) is 38.7 Å². The smallest absolute Gasteiger partial charge is 0.101 e. The average Bonchev–Trinajstić information content (AvgIpc) is 2.45. The van der Waals surface area contributed by atoms with E-state index in [2.05, 4.69) is 13.8 Å². The Balaban J connectivity index is 3.26. The lowest BCUT2D eigenvalue weighted by molar-refractivity contribution is -0.0200. The van der Waals surface area contributed by atoms with Gasteiger partial charge in [-0.15, -0.1) is 23.2 Å². The molecule has 0 aliphatic heterocycles. The fourth-order valence-corrected chi connectivity index (χ4v) is 2.02. The predicted octanol–water partition coefficient (Wildman–Crippen LogP) is 3.98. The molecule has 20 heavy (non-hydrogen) atoms. The minimum absolute atomic E-state index is 0.237. The first-order valence-electron chi connectivity index (χ1n) is 7.71. The van der Waals surface area contributed by atoms with Crippen LogP contribution in [0.3, 0.4) is 0 Å². The van der Waals surface area contributed by atoms with Gasteiger partial charge in [0.05, 0.1) is 13.2 Å². The highest BCUT2D eigenvalue weighted by atomic mass is 35.5. The van der Waals surface area contributed by atoms with Crippen molar-refractivity contribution in [2.24, 2.45) is 0 Å². The zero-order valence-corrected chi connectivity index (χ0v) is 14.3. The number of halogens is 2. The molecule has 2 atom stereocenters. The Bertz CT molecular complexity index is 186. The largest absolute Gasteiger partial charge is 0.388 e. The van der Waals surface area contributed by atoms with Crippen LogP contribution in [0.15, 0.2) is 0 Å². The summed E-state index contributed by atoms with van der Waals surface area (Å²) in [5.41, 5.74) is 0. The lowest BCUT2D eigenvalue weighted by Crippen LogP contribution is -2.22. The van der Waals surface area contributed by atoms with E-state index in [4.69, 9.17) is 32.7 Å². The van der Waals surface area contributed by atoms with E-state index in [1.807, 2.05) is 0 Å². The number of aliphatic hydroxyl groups excluding tert-OH is 1. The van der Waals surface area contributed by atoms with Crippen molar-refractivity contribution < 1.29 is 14.6 Å². The standard InChI is InChI=1S/C15H30Cl2O3/c1-3-13(16)7-5-9-19-11-15(18)12-20-10-6-8-14(17)4-2/h13-15,18H,3-12H2,1-2H3. The highest BCUT2D eigenvalue weighted by molar-refractivity contribution is 6.20. The van der Waals surface area contributed by atoms with Crippen LogP contribution in [-0.4, -0.2) is 48.4 Å². The molecule has 2 unspecified atom stereocenters. The molecule has 0 heterocycles. The molecule has 3 nitrogen and oxygen atoms in total. The van der Waals surface area contributed by atoms with Gasteiger partial charge in [-0.05, 0) is 38.5 Å². The molecular formula is C15H30Cl2O3. The van der Waals surface area contributed by atoms with E-state index in [1.165, 1.54) is 0 Å². The second kappa shape index (κ2) is 14.4. The molecule has 5 heteroatoms. The highest BCUT2D eigenvalue weighted by Gasteiger charge is 2.06. The Morgan fingerprint density at radius 2 is 1.25 bits per heavy atom. The summed E-state index contributed by atoms with van der Waals surface area (Å²) in [6.07, 6.45) is 5.21. The molecule has 0 aliphatic carbocycles. The van der Waals surface area contributed by atoms with E-state index in [9.17, 15) is 5.11 Å². The van der Waals surface area contributed by atoms with Gasteiger partial charge in [0, 0.05) is 24.0 Å². The first kappa shape index (κ1) is 20.5. The van der Waals surface area contributed by atoms with Gasteiger partial charge in [-0.3, -0.25) is 0 Å². The Morgan fingerprint density at radius 3 is 1.60 bits per heavy atom. The molecule has 0 radical (unpaired) electrons. The third kappa shape index (κ3) is 13.4. The summed E-state index contributed by atoms with van der Waals surface area (Å²) in [5, 5.41) is 10.1. The molecule has 0 aliphatic rings. The van der Waals surface area contributed by atoms with Crippen molar-refractivity contribution in [2.45, 2.75) is 69.2 Å². The molecule has 0 saturated heterocycles. The maximum absolute atomic E-state index is 9.66. The van der Waals surface area contributed by atoms with Crippen molar-refractivity contribution in [3.05, 3.63) is 0 Å². The van der Waals surface area contributed by atoms with E-state index >= 15 is 0 Å². The Hall–Kier alpha value is 0.460.